The van der Waals surface area contributed by atoms with E-state index >= 15 is 0 Å². The molecule has 1 aliphatic carbocycles. The van der Waals surface area contributed by atoms with Crippen LogP contribution in [0.5, 0.6) is 0 Å². The molecular weight excluding hydrogens is 590 g/mol. The molecule has 0 radical (unpaired) electrons. The molecule has 47 heavy (non-hydrogen) atoms. The van der Waals surface area contributed by atoms with Crippen molar-refractivity contribution in [2.24, 2.45) is 0 Å². The first-order valence-electron chi connectivity index (χ1n) is 18.6. The van der Waals surface area contributed by atoms with E-state index in [0.717, 1.165) is 12.8 Å². The highest BCUT2D eigenvalue weighted by molar-refractivity contribution is 5.79. The largest absolute Gasteiger partial charge is 0.463 e. The number of amides is 1. The number of hydrogen-bond donors (Lipinski definition) is 1. The minimum absolute atomic E-state index is 0.0544. The van der Waals surface area contributed by atoms with Gasteiger partial charge in [0.05, 0.1) is 19.8 Å². The average molecular weight is 652 g/mol. The van der Waals surface area contributed by atoms with E-state index in [0.29, 0.717) is 52.4 Å². The zero-order chi connectivity index (χ0) is 33.2. The molecule has 0 saturated carbocycles. The number of fused-ring (bicyclic) bond motifs is 3. The number of ether oxygens (including phenoxy) is 4. The van der Waals surface area contributed by atoms with Gasteiger partial charge in [-0.15, -0.1) is 0 Å². The SMILES string of the molecule is CCCCCCCCCCCCCCCCCC(=O)OCCOCCOCCCNC(=O)OCC1c2ccccc2-c2ccccc21. The molecule has 0 aromatic heterocycles. The molecule has 1 amide bonds. The van der Waals surface area contributed by atoms with Gasteiger partial charge >= 0.3 is 12.1 Å². The third kappa shape index (κ3) is 16.2. The molecule has 262 valence electrons. The number of carbonyl (C=O) groups is 2. The number of rotatable bonds is 28. The monoisotopic (exact) mass is 651 g/mol. The molecule has 7 heteroatoms. The van der Waals surface area contributed by atoms with Gasteiger partial charge in [0.15, 0.2) is 0 Å². The molecule has 0 aliphatic heterocycles. The third-order valence-electron chi connectivity index (χ3n) is 8.93. The predicted molar refractivity (Wildman–Crippen MR) is 190 cm³/mol. The van der Waals surface area contributed by atoms with Gasteiger partial charge in [0, 0.05) is 25.5 Å². The Morgan fingerprint density at radius 2 is 1.06 bits per heavy atom. The van der Waals surface area contributed by atoms with Crippen molar-refractivity contribution in [2.45, 2.75) is 122 Å². The highest BCUT2D eigenvalue weighted by Crippen LogP contribution is 2.44. The summed E-state index contributed by atoms with van der Waals surface area (Å²) in [6, 6.07) is 16.6. The van der Waals surface area contributed by atoms with Crippen molar-refractivity contribution in [1.82, 2.24) is 5.32 Å². The zero-order valence-electron chi connectivity index (χ0n) is 29.1. The molecule has 0 heterocycles. The Morgan fingerprint density at radius 3 is 1.64 bits per heavy atom. The van der Waals surface area contributed by atoms with Gasteiger partial charge in [-0.3, -0.25) is 4.79 Å². The smallest absolute Gasteiger partial charge is 0.407 e. The molecule has 7 nitrogen and oxygen atoms in total. The molecule has 2 aromatic rings. The maximum absolute atomic E-state index is 12.3. The first kappa shape index (κ1) is 38.5. The highest BCUT2D eigenvalue weighted by atomic mass is 16.6. The summed E-state index contributed by atoms with van der Waals surface area (Å²) < 4.78 is 21.9. The molecule has 3 rings (SSSR count). The summed E-state index contributed by atoms with van der Waals surface area (Å²) in [6.45, 7) is 5.12. The van der Waals surface area contributed by atoms with Gasteiger partial charge in [0.2, 0.25) is 0 Å². The molecule has 0 spiro atoms. The van der Waals surface area contributed by atoms with Crippen LogP contribution in [0.4, 0.5) is 4.79 Å². The Kier molecular flexibility index (Phi) is 20.6. The second-order valence-electron chi connectivity index (χ2n) is 12.8. The Hall–Kier alpha value is -2.90. The average Bonchev–Trinajstić information content (AvgIpc) is 3.41. The lowest BCUT2D eigenvalue weighted by Crippen LogP contribution is -2.27. The molecule has 0 fully saturated rings. The van der Waals surface area contributed by atoms with Gasteiger partial charge in [-0.25, -0.2) is 4.79 Å². The minimum atomic E-state index is -0.413. The molecule has 0 atom stereocenters. The summed E-state index contributed by atoms with van der Waals surface area (Å²) >= 11 is 0. The zero-order valence-corrected chi connectivity index (χ0v) is 29.1. The van der Waals surface area contributed by atoms with Crippen LogP contribution in [-0.4, -0.2) is 58.2 Å². The minimum Gasteiger partial charge on any atom is -0.463 e. The predicted octanol–water partition coefficient (Wildman–Crippen LogP) is 9.75. The Bertz CT molecular complexity index is 1080. The van der Waals surface area contributed by atoms with Crippen LogP contribution in [0.15, 0.2) is 48.5 Å². The van der Waals surface area contributed by atoms with Crippen LogP contribution >= 0.6 is 0 Å². The van der Waals surface area contributed by atoms with Crippen molar-refractivity contribution in [3.05, 3.63) is 59.7 Å². The fraction of sp³-hybridized carbons (Fsp3) is 0.650. The van der Waals surface area contributed by atoms with Crippen LogP contribution in [0.1, 0.15) is 133 Å². The summed E-state index contributed by atoms with van der Waals surface area (Å²) in [5, 5.41) is 2.81. The van der Waals surface area contributed by atoms with E-state index in [1.807, 2.05) is 24.3 Å². The number of carbonyl (C=O) groups excluding carboxylic acids is 2. The first-order valence-corrected chi connectivity index (χ1v) is 18.6. The van der Waals surface area contributed by atoms with Crippen molar-refractivity contribution in [2.75, 3.05) is 46.2 Å². The Morgan fingerprint density at radius 1 is 0.574 bits per heavy atom. The van der Waals surface area contributed by atoms with Gasteiger partial charge in [-0.1, -0.05) is 145 Å². The Balaban J connectivity index is 1.03. The highest BCUT2D eigenvalue weighted by Gasteiger charge is 2.28. The van der Waals surface area contributed by atoms with Crippen molar-refractivity contribution < 1.29 is 28.5 Å². The topological polar surface area (TPSA) is 83.1 Å². The maximum atomic E-state index is 12.3. The quantitative estimate of drug-likeness (QED) is 0.0729. The second-order valence-corrected chi connectivity index (χ2v) is 12.8. The number of unbranched alkanes of at least 4 members (excludes halogenated alkanes) is 14. The van der Waals surface area contributed by atoms with E-state index in [4.69, 9.17) is 18.9 Å². The summed E-state index contributed by atoms with van der Waals surface area (Å²) in [5.41, 5.74) is 4.83. The fourth-order valence-electron chi connectivity index (χ4n) is 6.26. The number of benzene rings is 2. The standard InChI is InChI=1S/C40H61NO6/c1-2-3-4-5-6-7-8-9-10-11-12-13-14-15-16-26-39(42)46-32-31-45-30-29-44-28-21-27-41-40(43)47-33-38-36-24-19-17-22-34(36)35-23-18-20-25-37(35)38/h17-20,22-25,38H,2-16,21,26-33H2,1H3,(H,41,43). The van der Waals surface area contributed by atoms with Crippen molar-refractivity contribution in [1.29, 1.82) is 0 Å². The van der Waals surface area contributed by atoms with Crippen molar-refractivity contribution >= 4 is 12.1 Å². The molecule has 1 aliphatic rings. The lowest BCUT2D eigenvalue weighted by Gasteiger charge is -2.14. The van der Waals surface area contributed by atoms with Gasteiger partial charge in [-0.2, -0.15) is 0 Å². The van der Waals surface area contributed by atoms with Crippen LogP contribution in [0.25, 0.3) is 11.1 Å². The number of hydrogen-bond acceptors (Lipinski definition) is 6. The fourth-order valence-corrected chi connectivity index (χ4v) is 6.26. The number of alkyl carbamates (subject to hydrolysis) is 1. The van der Waals surface area contributed by atoms with E-state index < -0.39 is 6.09 Å². The van der Waals surface area contributed by atoms with E-state index in [1.54, 1.807) is 0 Å². The first-order chi connectivity index (χ1) is 23.2. The van der Waals surface area contributed by atoms with E-state index in [1.165, 1.54) is 106 Å². The van der Waals surface area contributed by atoms with E-state index in [-0.39, 0.29) is 18.5 Å². The van der Waals surface area contributed by atoms with Crippen LogP contribution in [-0.2, 0) is 23.7 Å². The normalized spacial score (nSPS) is 12.1. The molecular formula is C40H61NO6. The third-order valence-corrected chi connectivity index (χ3v) is 8.93. The lowest BCUT2D eigenvalue weighted by atomic mass is 9.98. The number of nitrogens with one attached hydrogen (secondary N) is 1. The lowest BCUT2D eigenvalue weighted by molar-refractivity contribution is -0.145. The maximum Gasteiger partial charge on any atom is 0.407 e. The van der Waals surface area contributed by atoms with Crippen LogP contribution in [0, 0.1) is 0 Å². The van der Waals surface area contributed by atoms with Crippen LogP contribution in [0.3, 0.4) is 0 Å². The summed E-state index contributed by atoms with van der Waals surface area (Å²) in [7, 11) is 0. The number of esters is 1. The molecule has 0 bridgehead atoms. The van der Waals surface area contributed by atoms with E-state index in [9.17, 15) is 9.59 Å². The van der Waals surface area contributed by atoms with Gasteiger partial charge < -0.3 is 24.3 Å². The van der Waals surface area contributed by atoms with Crippen molar-refractivity contribution in [3.63, 3.8) is 0 Å². The summed E-state index contributed by atoms with van der Waals surface area (Å²) in [6.07, 6.45) is 20.5. The summed E-state index contributed by atoms with van der Waals surface area (Å²) in [4.78, 5) is 24.2. The van der Waals surface area contributed by atoms with Gasteiger partial charge in [-0.05, 0) is 35.1 Å². The summed E-state index contributed by atoms with van der Waals surface area (Å²) in [5.74, 6) is -0.0813. The molecule has 0 saturated heterocycles. The van der Waals surface area contributed by atoms with Crippen molar-refractivity contribution in [3.8, 4) is 11.1 Å². The molecule has 1 N–H and O–H groups in total. The van der Waals surface area contributed by atoms with Gasteiger partial charge in [0.1, 0.15) is 13.2 Å². The Labute approximate surface area is 284 Å². The second kappa shape index (κ2) is 25.2. The van der Waals surface area contributed by atoms with Gasteiger partial charge in [0.25, 0.3) is 0 Å². The van der Waals surface area contributed by atoms with Crippen LogP contribution < -0.4 is 5.32 Å². The molecule has 2 aromatic carbocycles. The van der Waals surface area contributed by atoms with Crippen LogP contribution in [0.2, 0.25) is 0 Å². The molecule has 0 unspecified atom stereocenters. The van der Waals surface area contributed by atoms with E-state index in [2.05, 4.69) is 36.5 Å².